The molecule has 0 amide bonds. The number of hydrogen-bond donors (Lipinski definition) is 2. The molecule has 1 aromatic carbocycles. The van der Waals surface area contributed by atoms with Gasteiger partial charge < -0.3 is 10.1 Å². The number of nitrogens with zero attached hydrogens (tertiary/aromatic N) is 2. The third-order valence-electron chi connectivity index (χ3n) is 3.31. The van der Waals surface area contributed by atoms with E-state index in [1.807, 2.05) is 0 Å². The Morgan fingerprint density at radius 3 is 2.21 bits per heavy atom. The maximum Gasteiger partial charge on any atom is 0.300 e. The van der Waals surface area contributed by atoms with Crippen LogP contribution in [0.25, 0.3) is 16.5 Å². The van der Waals surface area contributed by atoms with Crippen molar-refractivity contribution >= 4 is 33.6 Å². The van der Waals surface area contributed by atoms with Gasteiger partial charge in [0.2, 0.25) is 5.56 Å². The molecule has 0 spiro atoms. The number of fused-ring (bicyclic) bond motifs is 1. The monoisotopic (exact) mass is 333 g/mol. The summed E-state index contributed by atoms with van der Waals surface area (Å²) in [5, 5.41) is 31.8. The van der Waals surface area contributed by atoms with Gasteiger partial charge in [0.05, 0.1) is 21.5 Å². The van der Waals surface area contributed by atoms with Gasteiger partial charge in [-0.25, -0.2) is 0 Å². The highest BCUT2D eigenvalue weighted by Gasteiger charge is 2.24. The Morgan fingerprint density at radius 2 is 1.75 bits per heavy atom. The molecule has 1 aromatic heterocycles. The van der Waals surface area contributed by atoms with E-state index in [-0.39, 0.29) is 22.0 Å². The van der Waals surface area contributed by atoms with Gasteiger partial charge in [-0.1, -0.05) is 0 Å². The number of non-ortho nitro benzene ring substituents is 2. The first-order chi connectivity index (χ1) is 11.1. The number of nitrogens with one attached hydrogen (secondary N) is 1. The average Bonchev–Trinajstić information content (AvgIpc) is 2.44. The molecule has 0 bridgehead atoms. The molecule has 2 N–H and O–H groups in total. The molecule has 0 fully saturated rings. The summed E-state index contributed by atoms with van der Waals surface area (Å²) in [5.74, 6) is -1.01. The standard InChI is InChI=1S/C14H11N3O7/c1-6(18)13(7(2)19)9-5-12(20)15-14-10(9)3-8(16(21)22)4-11(14)17(23)24/h3-5,18H,1-2H3,(H,15,20)/b13-6+. The van der Waals surface area contributed by atoms with Crippen LogP contribution in [0.1, 0.15) is 19.4 Å². The van der Waals surface area contributed by atoms with Crippen LogP contribution in [0.2, 0.25) is 0 Å². The van der Waals surface area contributed by atoms with Gasteiger partial charge in [0, 0.05) is 23.1 Å². The number of aromatic nitrogens is 1. The van der Waals surface area contributed by atoms with Gasteiger partial charge in [0.1, 0.15) is 11.3 Å². The quantitative estimate of drug-likeness (QED) is 0.376. The van der Waals surface area contributed by atoms with Crippen molar-refractivity contribution in [3.63, 3.8) is 0 Å². The molecule has 0 atom stereocenters. The predicted octanol–water partition coefficient (Wildman–Crippen LogP) is 2.22. The lowest BCUT2D eigenvalue weighted by atomic mass is 9.96. The minimum absolute atomic E-state index is 0.0888. The van der Waals surface area contributed by atoms with E-state index in [4.69, 9.17) is 0 Å². The number of carbonyl (C=O) groups excluding carboxylic acids is 1. The summed E-state index contributed by atoms with van der Waals surface area (Å²) in [6.07, 6.45) is 0. The predicted molar refractivity (Wildman–Crippen MR) is 83.8 cm³/mol. The van der Waals surface area contributed by atoms with E-state index in [0.29, 0.717) is 6.07 Å². The molecule has 2 rings (SSSR count). The Labute approximate surface area is 133 Å². The average molecular weight is 333 g/mol. The van der Waals surface area contributed by atoms with Crippen LogP contribution in [0.3, 0.4) is 0 Å². The highest BCUT2D eigenvalue weighted by molar-refractivity contribution is 6.23. The lowest BCUT2D eigenvalue weighted by Crippen LogP contribution is -2.11. The molecule has 0 aliphatic carbocycles. The highest BCUT2D eigenvalue weighted by Crippen LogP contribution is 2.33. The maximum absolute atomic E-state index is 11.8. The van der Waals surface area contributed by atoms with Crippen molar-refractivity contribution in [1.82, 2.24) is 4.98 Å². The van der Waals surface area contributed by atoms with Crippen LogP contribution < -0.4 is 5.56 Å². The lowest BCUT2D eigenvalue weighted by molar-refractivity contribution is -0.393. The Hall–Kier alpha value is -3.56. The second kappa shape index (κ2) is 5.91. The Morgan fingerprint density at radius 1 is 1.12 bits per heavy atom. The molecule has 0 radical (unpaired) electrons. The number of H-pyrrole nitrogens is 1. The van der Waals surface area contributed by atoms with Gasteiger partial charge in [-0.2, -0.15) is 0 Å². The van der Waals surface area contributed by atoms with E-state index < -0.39 is 38.3 Å². The summed E-state index contributed by atoms with van der Waals surface area (Å²) in [4.78, 5) is 46.3. The number of rotatable bonds is 4. The number of aromatic amines is 1. The zero-order valence-corrected chi connectivity index (χ0v) is 12.5. The smallest absolute Gasteiger partial charge is 0.300 e. The topological polar surface area (TPSA) is 156 Å². The van der Waals surface area contributed by atoms with Gasteiger partial charge >= 0.3 is 0 Å². The fraction of sp³-hybridized carbons (Fsp3) is 0.143. The number of aliphatic hydroxyl groups excluding tert-OH is 1. The number of benzene rings is 1. The Balaban J connectivity index is 3.10. The number of ketones is 1. The van der Waals surface area contributed by atoms with E-state index in [2.05, 4.69) is 4.98 Å². The number of hydrogen-bond acceptors (Lipinski definition) is 7. The summed E-state index contributed by atoms with van der Waals surface area (Å²) >= 11 is 0. The van der Waals surface area contributed by atoms with Crippen molar-refractivity contribution < 1.29 is 19.7 Å². The lowest BCUT2D eigenvalue weighted by Gasteiger charge is -2.09. The number of allylic oxidation sites excluding steroid dienone is 2. The fourth-order valence-corrected chi connectivity index (χ4v) is 2.42. The number of carbonyl (C=O) groups is 1. The maximum atomic E-state index is 11.8. The van der Waals surface area contributed by atoms with Crippen molar-refractivity contribution in [3.05, 3.63) is 60.1 Å². The van der Waals surface area contributed by atoms with Gasteiger partial charge in [-0.3, -0.25) is 29.8 Å². The summed E-state index contributed by atoms with van der Waals surface area (Å²) in [5.41, 5.74) is -2.66. The SMILES string of the molecule is CC(=O)/C(=C(/C)O)c1cc(=O)[nH]c2c([N+](=O)[O-])cc([N+](=O)[O-])cc12. The highest BCUT2D eigenvalue weighted by atomic mass is 16.6. The van der Waals surface area contributed by atoms with Crippen LogP contribution in [-0.2, 0) is 4.79 Å². The van der Waals surface area contributed by atoms with Gasteiger partial charge in [-0.15, -0.1) is 0 Å². The van der Waals surface area contributed by atoms with Crippen LogP contribution in [-0.4, -0.2) is 25.7 Å². The van der Waals surface area contributed by atoms with Crippen molar-refractivity contribution in [2.45, 2.75) is 13.8 Å². The normalized spacial score (nSPS) is 11.9. The second-order valence-electron chi connectivity index (χ2n) is 4.97. The van der Waals surface area contributed by atoms with Crippen LogP contribution in [0, 0.1) is 20.2 Å². The van der Waals surface area contributed by atoms with Gasteiger partial charge in [-0.05, 0) is 13.8 Å². The van der Waals surface area contributed by atoms with Crippen molar-refractivity contribution in [2.24, 2.45) is 0 Å². The van der Waals surface area contributed by atoms with Crippen molar-refractivity contribution in [1.29, 1.82) is 0 Å². The minimum atomic E-state index is -0.877. The zero-order valence-electron chi connectivity index (χ0n) is 12.5. The molecule has 10 nitrogen and oxygen atoms in total. The van der Waals surface area contributed by atoms with Gasteiger partial charge in [0.15, 0.2) is 5.78 Å². The Bertz CT molecular complexity index is 984. The van der Waals surface area contributed by atoms with Crippen molar-refractivity contribution in [3.8, 4) is 0 Å². The van der Waals surface area contributed by atoms with Crippen LogP contribution >= 0.6 is 0 Å². The van der Waals surface area contributed by atoms with Crippen LogP contribution in [0.5, 0.6) is 0 Å². The number of nitro benzene ring substituents is 2. The molecular formula is C14H11N3O7. The Kier molecular flexibility index (Phi) is 4.14. The third kappa shape index (κ3) is 2.84. The third-order valence-corrected chi connectivity index (χ3v) is 3.31. The van der Waals surface area contributed by atoms with E-state index in [1.165, 1.54) is 6.92 Å². The summed E-state index contributed by atoms with van der Waals surface area (Å²) in [7, 11) is 0. The molecular weight excluding hydrogens is 322 g/mol. The van der Waals surface area contributed by atoms with E-state index in [9.17, 15) is 34.9 Å². The van der Waals surface area contributed by atoms with E-state index >= 15 is 0 Å². The second-order valence-corrected chi connectivity index (χ2v) is 4.97. The molecule has 10 heteroatoms. The number of Topliss-reactive ketones (excluding diaryl/α,β-unsaturated/α-hetero) is 1. The van der Waals surface area contributed by atoms with Crippen LogP contribution in [0.15, 0.2) is 28.8 Å². The minimum Gasteiger partial charge on any atom is -0.512 e. The summed E-state index contributed by atoms with van der Waals surface area (Å²) in [6.45, 7) is 2.34. The largest absolute Gasteiger partial charge is 0.512 e. The van der Waals surface area contributed by atoms with E-state index in [1.54, 1.807) is 0 Å². The first-order valence-corrected chi connectivity index (χ1v) is 6.54. The first-order valence-electron chi connectivity index (χ1n) is 6.54. The number of pyridine rings is 1. The molecule has 24 heavy (non-hydrogen) atoms. The molecule has 0 saturated carbocycles. The fourth-order valence-electron chi connectivity index (χ4n) is 2.42. The van der Waals surface area contributed by atoms with Gasteiger partial charge in [0.25, 0.3) is 11.4 Å². The van der Waals surface area contributed by atoms with Crippen LogP contribution in [0.4, 0.5) is 11.4 Å². The summed E-state index contributed by atoms with van der Waals surface area (Å²) in [6, 6.07) is 2.66. The molecule has 0 aliphatic rings. The molecule has 124 valence electrons. The molecule has 1 heterocycles. The first kappa shape index (κ1) is 16.8. The zero-order chi connectivity index (χ0) is 18.2. The molecule has 0 aliphatic heterocycles. The number of aliphatic hydroxyl groups is 1. The molecule has 2 aromatic rings. The molecule has 0 unspecified atom stereocenters. The van der Waals surface area contributed by atoms with Crippen molar-refractivity contribution in [2.75, 3.05) is 0 Å². The molecule has 0 saturated heterocycles. The van der Waals surface area contributed by atoms with E-state index in [0.717, 1.165) is 19.1 Å². The number of nitro groups is 2. The summed E-state index contributed by atoms with van der Waals surface area (Å²) < 4.78 is 0.